The summed E-state index contributed by atoms with van der Waals surface area (Å²) >= 11 is -0.217. The molecule has 3 nitrogen and oxygen atoms in total. The Labute approximate surface area is 123 Å². The first-order valence-electron chi connectivity index (χ1n) is 5.93. The van der Waals surface area contributed by atoms with Gasteiger partial charge in [-0.1, -0.05) is 0 Å². The van der Waals surface area contributed by atoms with Crippen LogP contribution in [0.25, 0.3) is 0 Å². The number of carbonyl (C=O) groups excluding carboxylic acids is 1. The molecule has 0 unspecified atom stereocenters. The lowest BCUT2D eigenvalue weighted by Gasteiger charge is -2.07. The van der Waals surface area contributed by atoms with Crippen LogP contribution in [0.4, 0.5) is 19.0 Å². The van der Waals surface area contributed by atoms with Gasteiger partial charge in [-0.15, -0.1) is 0 Å². The summed E-state index contributed by atoms with van der Waals surface area (Å²) in [7, 11) is 0. The SMILES string of the molecule is Cc1ccnc(NC(=O)c2ccc(SC(F)(F)F)cc2)c1. The minimum atomic E-state index is -4.34. The maximum absolute atomic E-state index is 12.2. The maximum atomic E-state index is 12.2. The molecule has 21 heavy (non-hydrogen) atoms. The Morgan fingerprint density at radius 3 is 2.43 bits per heavy atom. The van der Waals surface area contributed by atoms with Gasteiger partial charge in [-0.3, -0.25) is 4.79 Å². The van der Waals surface area contributed by atoms with Crippen molar-refractivity contribution in [3.8, 4) is 0 Å². The highest BCUT2D eigenvalue weighted by Crippen LogP contribution is 2.36. The van der Waals surface area contributed by atoms with E-state index in [0.29, 0.717) is 5.82 Å². The molecule has 110 valence electrons. The topological polar surface area (TPSA) is 42.0 Å². The van der Waals surface area contributed by atoms with Gasteiger partial charge in [0, 0.05) is 16.7 Å². The summed E-state index contributed by atoms with van der Waals surface area (Å²) in [4.78, 5) is 16.0. The summed E-state index contributed by atoms with van der Waals surface area (Å²) in [6.45, 7) is 1.86. The summed E-state index contributed by atoms with van der Waals surface area (Å²) in [5, 5.41) is 2.59. The highest BCUT2D eigenvalue weighted by molar-refractivity contribution is 8.00. The van der Waals surface area contributed by atoms with Crippen LogP contribution in [0.2, 0.25) is 0 Å². The average molecular weight is 312 g/mol. The normalized spacial score (nSPS) is 11.2. The van der Waals surface area contributed by atoms with Crippen molar-refractivity contribution < 1.29 is 18.0 Å². The summed E-state index contributed by atoms with van der Waals surface area (Å²) in [6.07, 6.45) is 1.56. The zero-order valence-electron chi connectivity index (χ0n) is 10.9. The molecule has 7 heteroatoms. The number of aromatic nitrogens is 1. The molecule has 1 aromatic heterocycles. The second kappa shape index (κ2) is 6.17. The number of halogens is 3. The summed E-state index contributed by atoms with van der Waals surface area (Å²) in [6, 6.07) is 8.70. The van der Waals surface area contributed by atoms with Crippen molar-refractivity contribution in [1.29, 1.82) is 0 Å². The Kier molecular flexibility index (Phi) is 4.52. The number of thioether (sulfide) groups is 1. The lowest BCUT2D eigenvalue weighted by Crippen LogP contribution is -2.12. The maximum Gasteiger partial charge on any atom is 0.446 e. The largest absolute Gasteiger partial charge is 0.446 e. The molecule has 0 saturated heterocycles. The zero-order chi connectivity index (χ0) is 15.5. The lowest BCUT2D eigenvalue weighted by atomic mass is 10.2. The highest BCUT2D eigenvalue weighted by atomic mass is 32.2. The first-order chi connectivity index (χ1) is 9.83. The molecule has 1 N–H and O–H groups in total. The molecule has 1 heterocycles. The molecule has 1 aromatic carbocycles. The van der Waals surface area contributed by atoms with Gasteiger partial charge in [-0.05, 0) is 60.6 Å². The molecule has 0 spiro atoms. The van der Waals surface area contributed by atoms with E-state index in [0.717, 1.165) is 5.56 Å². The summed E-state index contributed by atoms with van der Waals surface area (Å²) in [5.41, 5.74) is -3.13. The predicted octanol–water partition coefficient (Wildman–Crippen LogP) is 4.25. The third kappa shape index (κ3) is 4.78. The van der Waals surface area contributed by atoms with E-state index in [1.165, 1.54) is 24.3 Å². The number of nitrogens with zero attached hydrogens (tertiary/aromatic N) is 1. The van der Waals surface area contributed by atoms with Gasteiger partial charge in [0.1, 0.15) is 5.82 Å². The Morgan fingerprint density at radius 1 is 1.19 bits per heavy atom. The first kappa shape index (κ1) is 15.4. The van der Waals surface area contributed by atoms with Crippen LogP contribution in [0.3, 0.4) is 0 Å². The molecule has 0 fully saturated rings. The Balaban J connectivity index is 2.06. The van der Waals surface area contributed by atoms with E-state index in [4.69, 9.17) is 0 Å². The van der Waals surface area contributed by atoms with Gasteiger partial charge in [-0.25, -0.2) is 4.98 Å². The van der Waals surface area contributed by atoms with Crippen molar-refractivity contribution in [3.63, 3.8) is 0 Å². The van der Waals surface area contributed by atoms with Crippen LogP contribution in [0, 0.1) is 6.92 Å². The predicted molar refractivity (Wildman–Crippen MR) is 75.3 cm³/mol. The van der Waals surface area contributed by atoms with Crippen LogP contribution in [0.1, 0.15) is 15.9 Å². The molecule has 1 amide bonds. The fourth-order valence-corrected chi connectivity index (χ4v) is 2.14. The molecule has 2 aromatic rings. The Hall–Kier alpha value is -2.02. The third-order valence-corrected chi connectivity index (χ3v) is 3.25. The van der Waals surface area contributed by atoms with Crippen molar-refractivity contribution in [2.24, 2.45) is 0 Å². The zero-order valence-corrected chi connectivity index (χ0v) is 11.8. The van der Waals surface area contributed by atoms with E-state index in [1.807, 2.05) is 6.92 Å². The number of aryl methyl sites for hydroxylation is 1. The van der Waals surface area contributed by atoms with Gasteiger partial charge in [0.15, 0.2) is 0 Å². The number of hydrogen-bond donors (Lipinski definition) is 1. The number of alkyl halides is 3. The molecular formula is C14H11F3N2OS. The number of rotatable bonds is 3. The number of carbonyl (C=O) groups is 1. The number of hydrogen-bond acceptors (Lipinski definition) is 3. The Morgan fingerprint density at radius 2 is 1.86 bits per heavy atom. The molecule has 0 atom stereocenters. The Bertz CT molecular complexity index is 641. The molecule has 0 aliphatic heterocycles. The van der Waals surface area contributed by atoms with Gasteiger partial charge in [0.2, 0.25) is 0 Å². The van der Waals surface area contributed by atoms with Crippen LogP contribution in [0.15, 0.2) is 47.5 Å². The van der Waals surface area contributed by atoms with Gasteiger partial charge in [0.25, 0.3) is 5.91 Å². The van der Waals surface area contributed by atoms with Gasteiger partial charge in [-0.2, -0.15) is 13.2 Å². The van der Waals surface area contributed by atoms with Crippen LogP contribution >= 0.6 is 11.8 Å². The van der Waals surface area contributed by atoms with E-state index >= 15 is 0 Å². The van der Waals surface area contributed by atoms with Crippen LogP contribution < -0.4 is 5.32 Å². The van der Waals surface area contributed by atoms with Crippen LogP contribution in [-0.2, 0) is 0 Å². The molecular weight excluding hydrogens is 301 g/mol. The molecule has 0 aliphatic carbocycles. The van der Waals surface area contributed by atoms with E-state index in [2.05, 4.69) is 10.3 Å². The number of nitrogens with one attached hydrogen (secondary N) is 1. The van der Waals surface area contributed by atoms with Gasteiger partial charge < -0.3 is 5.32 Å². The van der Waals surface area contributed by atoms with Gasteiger partial charge >= 0.3 is 5.51 Å². The van der Waals surface area contributed by atoms with Crippen LogP contribution in [-0.4, -0.2) is 16.4 Å². The minimum Gasteiger partial charge on any atom is -0.307 e. The number of benzene rings is 1. The fraction of sp³-hybridized carbons (Fsp3) is 0.143. The van der Waals surface area contributed by atoms with Crippen molar-refractivity contribution in [2.75, 3.05) is 5.32 Å². The average Bonchev–Trinajstić information content (AvgIpc) is 2.37. The number of amides is 1. The molecule has 0 aliphatic rings. The molecule has 2 rings (SSSR count). The van der Waals surface area contributed by atoms with Crippen molar-refractivity contribution in [3.05, 3.63) is 53.7 Å². The highest BCUT2D eigenvalue weighted by Gasteiger charge is 2.29. The summed E-state index contributed by atoms with van der Waals surface area (Å²) in [5.74, 6) is -0.0228. The number of anilines is 1. The second-order valence-corrected chi connectivity index (χ2v) is 5.38. The second-order valence-electron chi connectivity index (χ2n) is 4.24. The van der Waals surface area contributed by atoms with E-state index < -0.39 is 11.4 Å². The molecule has 0 radical (unpaired) electrons. The van der Waals surface area contributed by atoms with Crippen LogP contribution in [0.5, 0.6) is 0 Å². The monoisotopic (exact) mass is 312 g/mol. The van der Waals surface area contributed by atoms with Crippen molar-refractivity contribution >= 4 is 23.5 Å². The number of pyridine rings is 1. The summed E-state index contributed by atoms with van der Waals surface area (Å²) < 4.78 is 36.6. The first-order valence-corrected chi connectivity index (χ1v) is 6.75. The minimum absolute atomic E-state index is 0.0349. The third-order valence-electron chi connectivity index (χ3n) is 2.51. The smallest absolute Gasteiger partial charge is 0.307 e. The van der Waals surface area contributed by atoms with E-state index in [1.54, 1.807) is 18.3 Å². The molecule has 0 bridgehead atoms. The van der Waals surface area contributed by atoms with Gasteiger partial charge in [0.05, 0.1) is 0 Å². The van der Waals surface area contributed by atoms with E-state index in [9.17, 15) is 18.0 Å². The fourth-order valence-electron chi connectivity index (χ4n) is 1.60. The quantitative estimate of drug-likeness (QED) is 0.861. The lowest BCUT2D eigenvalue weighted by molar-refractivity contribution is -0.0328. The van der Waals surface area contributed by atoms with Crippen molar-refractivity contribution in [1.82, 2.24) is 4.98 Å². The standard InChI is InChI=1S/C14H11F3N2OS/c1-9-6-7-18-12(8-9)19-13(20)10-2-4-11(5-3-10)21-14(15,16)17/h2-8H,1H3,(H,18,19,20). The van der Waals surface area contributed by atoms with E-state index in [-0.39, 0.29) is 22.2 Å². The van der Waals surface area contributed by atoms with Crippen molar-refractivity contribution in [2.45, 2.75) is 17.3 Å². The molecule has 0 saturated carbocycles.